The molecule has 1 heterocycles. The molecule has 1 saturated heterocycles. The molecule has 0 aliphatic carbocycles. The van der Waals surface area contributed by atoms with Crippen LogP contribution in [0.25, 0.3) is 0 Å². The molecule has 0 spiro atoms. The van der Waals surface area contributed by atoms with Crippen molar-refractivity contribution in [2.75, 3.05) is 31.6 Å². The molecule has 1 fully saturated rings. The molecule has 26 heavy (non-hydrogen) atoms. The van der Waals surface area contributed by atoms with Gasteiger partial charge in [-0.05, 0) is 25.0 Å². The number of nitrogens with zero attached hydrogens (tertiary/aromatic N) is 1. The van der Waals surface area contributed by atoms with Gasteiger partial charge in [0.1, 0.15) is 6.42 Å². The normalized spacial score (nSPS) is 14.4. The Morgan fingerprint density at radius 2 is 1.96 bits per heavy atom. The molecule has 0 radical (unpaired) electrons. The Morgan fingerprint density at radius 1 is 1.27 bits per heavy atom. The number of hydrogen-bond acceptors (Lipinski definition) is 5. The number of piperidine rings is 1. The maximum atomic E-state index is 12.3. The number of methoxy groups -OCH3 is 1. The summed E-state index contributed by atoms with van der Waals surface area (Å²) in [7, 11) is 1.26. The number of para-hydroxylation sites is 1. The number of carbonyl (C=O) groups excluding carboxylic acids is 3. The number of nitrogens with one attached hydrogen (secondary N) is 2. The molecule has 1 aliphatic heterocycles. The summed E-state index contributed by atoms with van der Waals surface area (Å²) in [5.74, 6) is -0.993. The van der Waals surface area contributed by atoms with Crippen molar-refractivity contribution in [3.63, 3.8) is 0 Å². The molecule has 0 unspecified atom stereocenters. The number of carbonyl (C=O) groups is 3. The smallest absolute Gasteiger partial charge is 0.315 e. The fraction of sp³-hybridized carbons (Fsp3) is 0.421. The number of hydrogen-bond donors (Lipinski definition) is 2. The largest absolute Gasteiger partial charge is 0.469 e. The summed E-state index contributed by atoms with van der Waals surface area (Å²) in [5.41, 5.74) is 1.51. The average Bonchev–Trinajstić information content (AvgIpc) is 2.66. The van der Waals surface area contributed by atoms with Crippen LogP contribution in [0.2, 0.25) is 0 Å². The molecule has 1 aliphatic rings. The minimum absolute atomic E-state index is 0.0187. The van der Waals surface area contributed by atoms with Gasteiger partial charge in [-0.15, -0.1) is 6.58 Å². The second-order valence-corrected chi connectivity index (χ2v) is 6.10. The molecule has 0 aromatic heterocycles. The van der Waals surface area contributed by atoms with Crippen molar-refractivity contribution in [3.05, 3.63) is 42.5 Å². The minimum atomic E-state index is -0.542. The van der Waals surface area contributed by atoms with Crippen molar-refractivity contribution >= 4 is 23.5 Å². The first-order chi connectivity index (χ1) is 12.5. The number of anilines is 1. The Morgan fingerprint density at radius 3 is 2.62 bits per heavy atom. The van der Waals surface area contributed by atoms with Crippen molar-refractivity contribution in [1.29, 1.82) is 0 Å². The van der Waals surface area contributed by atoms with E-state index >= 15 is 0 Å². The van der Waals surface area contributed by atoms with Crippen LogP contribution in [0, 0.1) is 0 Å². The molecule has 2 amide bonds. The van der Waals surface area contributed by atoms with E-state index in [1.54, 1.807) is 12.1 Å². The Bertz CT molecular complexity index is 667. The van der Waals surface area contributed by atoms with Gasteiger partial charge >= 0.3 is 5.97 Å². The molecule has 1 aromatic rings. The van der Waals surface area contributed by atoms with Gasteiger partial charge in [0.05, 0.1) is 12.7 Å². The topological polar surface area (TPSA) is 87.7 Å². The van der Waals surface area contributed by atoms with Crippen molar-refractivity contribution < 1.29 is 19.1 Å². The highest BCUT2D eigenvalue weighted by Gasteiger charge is 2.24. The maximum Gasteiger partial charge on any atom is 0.315 e. The van der Waals surface area contributed by atoms with E-state index in [-0.39, 0.29) is 24.3 Å². The van der Waals surface area contributed by atoms with Crippen LogP contribution in [0.1, 0.15) is 29.6 Å². The molecule has 7 nitrogen and oxygen atoms in total. The lowest BCUT2D eigenvalue weighted by Gasteiger charge is -2.34. The molecule has 0 bridgehead atoms. The maximum absolute atomic E-state index is 12.3. The van der Waals surface area contributed by atoms with Gasteiger partial charge in [-0.1, -0.05) is 18.2 Å². The van der Waals surface area contributed by atoms with Gasteiger partial charge in [-0.25, -0.2) is 0 Å². The van der Waals surface area contributed by atoms with Crippen molar-refractivity contribution in [3.8, 4) is 0 Å². The Balaban J connectivity index is 1.94. The number of rotatable bonds is 7. The lowest BCUT2D eigenvalue weighted by Crippen LogP contribution is -2.45. The van der Waals surface area contributed by atoms with Crippen LogP contribution >= 0.6 is 0 Å². The molecule has 0 saturated carbocycles. The van der Waals surface area contributed by atoms with E-state index in [9.17, 15) is 14.4 Å². The van der Waals surface area contributed by atoms with Gasteiger partial charge in [0, 0.05) is 31.4 Å². The predicted molar refractivity (Wildman–Crippen MR) is 99.0 cm³/mol. The highest BCUT2D eigenvalue weighted by Crippen LogP contribution is 2.24. The van der Waals surface area contributed by atoms with Crippen molar-refractivity contribution in [2.24, 2.45) is 0 Å². The van der Waals surface area contributed by atoms with E-state index in [2.05, 4.69) is 26.8 Å². The molecule has 1 aromatic carbocycles. The van der Waals surface area contributed by atoms with E-state index in [0.717, 1.165) is 31.6 Å². The van der Waals surface area contributed by atoms with Crippen LogP contribution in [0.4, 0.5) is 5.69 Å². The molecule has 7 heteroatoms. The summed E-state index contributed by atoms with van der Waals surface area (Å²) in [5, 5.41) is 5.67. The quantitative estimate of drug-likeness (QED) is 0.435. The zero-order chi connectivity index (χ0) is 18.9. The fourth-order valence-electron chi connectivity index (χ4n) is 2.95. The Hall–Kier alpha value is -2.83. The van der Waals surface area contributed by atoms with E-state index in [1.165, 1.54) is 7.11 Å². The zero-order valence-corrected chi connectivity index (χ0v) is 15.0. The second kappa shape index (κ2) is 9.60. The molecular formula is C19H25N3O4. The van der Waals surface area contributed by atoms with Gasteiger partial charge in [0.15, 0.2) is 0 Å². The van der Waals surface area contributed by atoms with Crippen LogP contribution in [-0.2, 0) is 14.3 Å². The summed E-state index contributed by atoms with van der Waals surface area (Å²) in [6.45, 7) is 5.46. The zero-order valence-electron chi connectivity index (χ0n) is 15.0. The lowest BCUT2D eigenvalue weighted by molar-refractivity contribution is -0.144. The summed E-state index contributed by atoms with van der Waals surface area (Å²) in [6, 6.07) is 7.50. The number of esters is 1. The monoisotopic (exact) mass is 359 g/mol. The summed E-state index contributed by atoms with van der Waals surface area (Å²) >= 11 is 0. The van der Waals surface area contributed by atoms with E-state index in [4.69, 9.17) is 0 Å². The molecule has 140 valence electrons. The van der Waals surface area contributed by atoms with Gasteiger partial charge in [0.2, 0.25) is 5.91 Å². The van der Waals surface area contributed by atoms with Crippen LogP contribution in [-0.4, -0.2) is 50.6 Å². The van der Waals surface area contributed by atoms with Crippen LogP contribution in [0.5, 0.6) is 0 Å². The van der Waals surface area contributed by atoms with Gasteiger partial charge in [-0.2, -0.15) is 0 Å². The second-order valence-electron chi connectivity index (χ2n) is 6.10. The first-order valence-electron chi connectivity index (χ1n) is 8.64. The summed E-state index contributed by atoms with van der Waals surface area (Å²) < 4.78 is 4.50. The molecule has 2 rings (SSSR count). The van der Waals surface area contributed by atoms with Gasteiger partial charge in [-0.3, -0.25) is 14.4 Å². The SMILES string of the molecule is C=CCNC(=O)c1ccccc1N1CCC(NC(=O)CC(=O)OC)CC1. The first kappa shape index (κ1) is 19.5. The highest BCUT2D eigenvalue weighted by atomic mass is 16.5. The lowest BCUT2D eigenvalue weighted by atomic mass is 10.0. The number of benzene rings is 1. The van der Waals surface area contributed by atoms with Gasteiger partial charge < -0.3 is 20.3 Å². The molecular weight excluding hydrogens is 334 g/mol. The molecule has 2 N–H and O–H groups in total. The number of amides is 2. The van der Waals surface area contributed by atoms with E-state index in [0.29, 0.717) is 12.1 Å². The minimum Gasteiger partial charge on any atom is -0.469 e. The summed E-state index contributed by atoms with van der Waals surface area (Å²) in [6.07, 6.45) is 2.87. The standard InChI is InChI=1S/C19H25N3O4/c1-3-10-20-19(25)15-6-4-5-7-16(15)22-11-8-14(9-12-22)21-17(23)13-18(24)26-2/h3-7,14H,1,8-13H2,2H3,(H,20,25)(H,21,23). The van der Waals surface area contributed by atoms with E-state index < -0.39 is 5.97 Å². The molecule has 0 atom stereocenters. The van der Waals surface area contributed by atoms with Gasteiger partial charge in [0.25, 0.3) is 5.91 Å². The first-order valence-corrected chi connectivity index (χ1v) is 8.64. The highest BCUT2D eigenvalue weighted by molar-refractivity contribution is 6.00. The number of ether oxygens (including phenoxy) is 1. The summed E-state index contributed by atoms with van der Waals surface area (Å²) in [4.78, 5) is 37.4. The van der Waals surface area contributed by atoms with Crippen LogP contribution in [0.15, 0.2) is 36.9 Å². The van der Waals surface area contributed by atoms with Crippen molar-refractivity contribution in [1.82, 2.24) is 10.6 Å². The third kappa shape index (κ3) is 5.34. The average molecular weight is 359 g/mol. The van der Waals surface area contributed by atoms with Crippen LogP contribution < -0.4 is 15.5 Å². The van der Waals surface area contributed by atoms with Crippen LogP contribution in [0.3, 0.4) is 0 Å². The third-order valence-electron chi connectivity index (χ3n) is 4.29. The third-order valence-corrected chi connectivity index (χ3v) is 4.29. The van der Waals surface area contributed by atoms with Crippen molar-refractivity contribution in [2.45, 2.75) is 25.3 Å². The Kier molecular flexibility index (Phi) is 7.20. The predicted octanol–water partition coefficient (Wildman–Crippen LogP) is 1.25. The van der Waals surface area contributed by atoms with E-state index in [1.807, 2.05) is 18.2 Å². The fourth-order valence-corrected chi connectivity index (χ4v) is 2.95. The Labute approximate surface area is 153 Å².